The number of benzene rings is 3. The van der Waals surface area contributed by atoms with Gasteiger partial charge in [0.25, 0.3) is 5.91 Å². The van der Waals surface area contributed by atoms with Crippen molar-refractivity contribution in [2.24, 2.45) is 0 Å². The topological polar surface area (TPSA) is 69.0 Å². The maximum atomic E-state index is 12.8. The summed E-state index contributed by atoms with van der Waals surface area (Å²) in [6.07, 6.45) is 3.41. The first kappa shape index (κ1) is 23.1. The van der Waals surface area contributed by atoms with Gasteiger partial charge < -0.3 is 10.1 Å². The second-order valence-corrected chi connectivity index (χ2v) is 8.66. The largest absolute Gasteiger partial charge is 0.494 e. The van der Waals surface area contributed by atoms with Crippen molar-refractivity contribution in [2.75, 3.05) is 12.4 Å². The van der Waals surface area contributed by atoms with Crippen molar-refractivity contribution in [3.8, 4) is 11.4 Å². The first-order valence-corrected chi connectivity index (χ1v) is 11.5. The Hall–Kier alpha value is -3.09. The number of nitrogens with one attached hydrogen (secondary N) is 1. The zero-order chi connectivity index (χ0) is 23.5. The third kappa shape index (κ3) is 4.97. The van der Waals surface area contributed by atoms with E-state index in [-0.39, 0.29) is 16.0 Å². The third-order valence-electron chi connectivity index (χ3n) is 5.43. The van der Waals surface area contributed by atoms with Crippen LogP contribution < -0.4 is 10.1 Å². The highest BCUT2D eigenvalue weighted by molar-refractivity contribution is 6.37. The van der Waals surface area contributed by atoms with E-state index < -0.39 is 0 Å². The Morgan fingerprint density at radius 1 is 1.03 bits per heavy atom. The van der Waals surface area contributed by atoms with Gasteiger partial charge >= 0.3 is 0 Å². The molecule has 0 aliphatic carbocycles. The fourth-order valence-electron chi connectivity index (χ4n) is 3.58. The van der Waals surface area contributed by atoms with Crippen LogP contribution in [0.5, 0.6) is 5.75 Å². The first-order valence-electron chi connectivity index (χ1n) is 10.7. The Kier molecular flexibility index (Phi) is 6.86. The summed E-state index contributed by atoms with van der Waals surface area (Å²) in [5.74, 6) is 0.00135. The van der Waals surface area contributed by atoms with Crippen molar-refractivity contribution in [2.45, 2.75) is 33.1 Å². The molecular formula is C25H24Cl2N4O2. The summed E-state index contributed by atoms with van der Waals surface area (Å²) in [5, 5.41) is 12.7. The van der Waals surface area contributed by atoms with Gasteiger partial charge in [-0.25, -0.2) is 0 Å². The van der Waals surface area contributed by atoms with Gasteiger partial charge in [-0.1, -0.05) is 48.7 Å². The van der Waals surface area contributed by atoms with Crippen LogP contribution in [-0.4, -0.2) is 28.0 Å². The summed E-state index contributed by atoms with van der Waals surface area (Å²) in [6.45, 7) is 4.10. The number of aromatic nitrogens is 3. The molecule has 1 amide bonds. The van der Waals surface area contributed by atoms with Crippen LogP contribution in [0.25, 0.3) is 16.7 Å². The lowest BCUT2D eigenvalue weighted by molar-refractivity contribution is 0.102. The molecule has 1 N–H and O–H groups in total. The van der Waals surface area contributed by atoms with Gasteiger partial charge in [-0.2, -0.15) is 4.80 Å². The fourth-order valence-corrected chi connectivity index (χ4v) is 4.22. The molecule has 0 aliphatic heterocycles. The normalized spacial score (nSPS) is 11.1. The average molecular weight is 483 g/mol. The van der Waals surface area contributed by atoms with E-state index in [4.69, 9.17) is 27.9 Å². The van der Waals surface area contributed by atoms with Crippen molar-refractivity contribution in [1.29, 1.82) is 0 Å². The maximum absolute atomic E-state index is 12.8. The van der Waals surface area contributed by atoms with Crippen LogP contribution in [0.2, 0.25) is 10.0 Å². The molecule has 6 nitrogen and oxygen atoms in total. The SMILES string of the molecule is CCCCc1ccc(-n2nc3cc(C)c(NC(=O)c4cc(Cl)c(OC)c(Cl)c4)cc3n2)cc1. The van der Waals surface area contributed by atoms with E-state index in [1.54, 1.807) is 4.80 Å². The molecule has 0 spiro atoms. The Balaban J connectivity index is 1.58. The van der Waals surface area contributed by atoms with E-state index in [0.29, 0.717) is 22.5 Å². The van der Waals surface area contributed by atoms with Crippen LogP contribution in [0.3, 0.4) is 0 Å². The Bertz CT molecular complexity index is 1290. The molecule has 0 aliphatic rings. The monoisotopic (exact) mass is 482 g/mol. The minimum atomic E-state index is -0.334. The number of ether oxygens (including phenoxy) is 1. The minimum absolute atomic E-state index is 0.269. The van der Waals surface area contributed by atoms with Crippen LogP contribution >= 0.6 is 23.2 Å². The molecule has 0 saturated carbocycles. The van der Waals surface area contributed by atoms with Crippen LogP contribution in [0.1, 0.15) is 41.3 Å². The van der Waals surface area contributed by atoms with E-state index in [2.05, 4.69) is 34.6 Å². The summed E-state index contributed by atoms with van der Waals surface area (Å²) in [4.78, 5) is 14.4. The first-order chi connectivity index (χ1) is 15.9. The van der Waals surface area contributed by atoms with Crippen LogP contribution in [0, 0.1) is 6.92 Å². The number of fused-ring (bicyclic) bond motifs is 1. The second kappa shape index (κ2) is 9.81. The molecule has 3 aromatic carbocycles. The van der Waals surface area contributed by atoms with Crippen molar-refractivity contribution in [1.82, 2.24) is 15.0 Å². The molecule has 170 valence electrons. The molecule has 0 saturated heterocycles. The Morgan fingerprint density at radius 2 is 1.67 bits per heavy atom. The zero-order valence-corrected chi connectivity index (χ0v) is 20.2. The van der Waals surface area contributed by atoms with E-state index in [1.807, 2.05) is 31.2 Å². The average Bonchev–Trinajstić information content (AvgIpc) is 3.20. The van der Waals surface area contributed by atoms with Crippen molar-refractivity contribution in [3.63, 3.8) is 0 Å². The van der Waals surface area contributed by atoms with Crippen molar-refractivity contribution in [3.05, 3.63) is 75.3 Å². The third-order valence-corrected chi connectivity index (χ3v) is 5.99. The van der Waals surface area contributed by atoms with Gasteiger partial charge in [0.15, 0.2) is 5.75 Å². The van der Waals surface area contributed by atoms with Gasteiger partial charge in [-0.15, -0.1) is 10.2 Å². The smallest absolute Gasteiger partial charge is 0.255 e. The number of carbonyl (C=O) groups is 1. The number of hydrogen-bond acceptors (Lipinski definition) is 4. The summed E-state index contributed by atoms with van der Waals surface area (Å²) in [5.41, 5.74) is 5.44. The molecule has 1 aromatic heterocycles. The highest BCUT2D eigenvalue weighted by Crippen LogP contribution is 2.34. The number of nitrogens with zero attached hydrogens (tertiary/aromatic N) is 3. The Labute approximate surface area is 202 Å². The van der Waals surface area contributed by atoms with E-state index in [0.717, 1.165) is 23.2 Å². The van der Waals surface area contributed by atoms with Crippen molar-refractivity contribution >= 4 is 45.8 Å². The number of methoxy groups -OCH3 is 1. The lowest BCUT2D eigenvalue weighted by Gasteiger charge is -2.11. The zero-order valence-electron chi connectivity index (χ0n) is 18.7. The van der Waals surface area contributed by atoms with E-state index >= 15 is 0 Å². The molecule has 4 rings (SSSR count). The summed E-state index contributed by atoms with van der Waals surface area (Å²) in [6, 6.07) is 15.0. The Morgan fingerprint density at radius 3 is 2.27 bits per heavy atom. The number of carbonyl (C=O) groups excluding carboxylic acids is 1. The number of amides is 1. The van der Waals surface area contributed by atoms with Gasteiger partial charge in [0, 0.05) is 11.3 Å². The van der Waals surface area contributed by atoms with Gasteiger partial charge in [0.1, 0.15) is 11.0 Å². The maximum Gasteiger partial charge on any atom is 0.255 e. The van der Waals surface area contributed by atoms with E-state index in [1.165, 1.54) is 37.6 Å². The molecule has 1 heterocycles. The molecule has 0 fully saturated rings. The molecule has 0 bridgehead atoms. The lowest BCUT2D eigenvalue weighted by atomic mass is 10.1. The predicted molar refractivity (Wildman–Crippen MR) is 133 cm³/mol. The standard InChI is InChI=1S/C25H24Cl2N4O2/c1-4-5-6-16-7-9-18(10-8-16)31-29-22-11-15(2)21(14-23(22)30-31)28-25(32)17-12-19(26)24(33-3)20(27)13-17/h7-14H,4-6H2,1-3H3,(H,28,32). The molecule has 4 aromatic rings. The molecular weight excluding hydrogens is 459 g/mol. The molecule has 0 atom stereocenters. The number of aryl methyl sites for hydroxylation is 2. The number of halogens is 2. The van der Waals surface area contributed by atoms with Crippen LogP contribution in [-0.2, 0) is 6.42 Å². The number of unbranched alkanes of at least 4 members (excludes halogenated alkanes) is 1. The van der Waals surface area contributed by atoms with Crippen molar-refractivity contribution < 1.29 is 9.53 Å². The van der Waals surface area contributed by atoms with Gasteiger partial charge in [0.2, 0.25) is 0 Å². The fraction of sp³-hybridized carbons (Fsp3) is 0.240. The second-order valence-electron chi connectivity index (χ2n) is 7.84. The van der Waals surface area contributed by atoms with E-state index in [9.17, 15) is 4.79 Å². The summed E-state index contributed by atoms with van der Waals surface area (Å²) >= 11 is 12.4. The summed E-state index contributed by atoms with van der Waals surface area (Å²) in [7, 11) is 1.47. The number of hydrogen-bond donors (Lipinski definition) is 1. The molecule has 0 unspecified atom stereocenters. The number of anilines is 1. The van der Waals surface area contributed by atoms with Gasteiger partial charge in [-0.3, -0.25) is 4.79 Å². The molecule has 33 heavy (non-hydrogen) atoms. The van der Waals surface area contributed by atoms with Crippen LogP contribution in [0.15, 0.2) is 48.5 Å². The van der Waals surface area contributed by atoms with Gasteiger partial charge in [-0.05, 0) is 67.3 Å². The van der Waals surface area contributed by atoms with Gasteiger partial charge in [0.05, 0.1) is 22.8 Å². The summed E-state index contributed by atoms with van der Waals surface area (Å²) < 4.78 is 5.15. The highest BCUT2D eigenvalue weighted by Gasteiger charge is 2.16. The quantitative estimate of drug-likeness (QED) is 0.320. The lowest BCUT2D eigenvalue weighted by Crippen LogP contribution is -2.13. The predicted octanol–water partition coefficient (Wildman–Crippen LogP) is 6.64. The van der Waals surface area contributed by atoms with Crippen LogP contribution in [0.4, 0.5) is 5.69 Å². The molecule has 0 radical (unpaired) electrons. The molecule has 8 heteroatoms. The minimum Gasteiger partial charge on any atom is -0.494 e. The highest BCUT2D eigenvalue weighted by atomic mass is 35.5. The number of rotatable bonds is 7.